The van der Waals surface area contributed by atoms with Gasteiger partial charge in [-0.3, -0.25) is 0 Å². The summed E-state index contributed by atoms with van der Waals surface area (Å²) in [4.78, 5) is 13.4. The molecule has 1 atom stereocenters. The second-order valence-electron chi connectivity index (χ2n) is 5.58. The van der Waals surface area contributed by atoms with E-state index in [1.807, 2.05) is 24.3 Å². The quantitative estimate of drug-likeness (QED) is 0.787. The van der Waals surface area contributed by atoms with Crippen LogP contribution in [0.15, 0.2) is 36.5 Å². The summed E-state index contributed by atoms with van der Waals surface area (Å²) >= 11 is 0. The van der Waals surface area contributed by atoms with E-state index in [0.717, 1.165) is 28.8 Å². The van der Waals surface area contributed by atoms with Gasteiger partial charge in [-0.15, -0.1) is 0 Å². The summed E-state index contributed by atoms with van der Waals surface area (Å²) in [6, 6.07) is 8.96. The molecule has 128 valence electrons. The van der Waals surface area contributed by atoms with Gasteiger partial charge < -0.3 is 9.64 Å². The van der Waals surface area contributed by atoms with Crippen LogP contribution in [0.1, 0.15) is 35.6 Å². The van der Waals surface area contributed by atoms with E-state index < -0.39 is 18.6 Å². The molecule has 5 nitrogen and oxygen atoms in total. The van der Waals surface area contributed by atoms with Crippen LogP contribution >= 0.6 is 0 Å². The third-order valence-electron chi connectivity index (χ3n) is 4.05. The van der Waals surface area contributed by atoms with Crippen molar-refractivity contribution in [3.05, 3.63) is 47.8 Å². The van der Waals surface area contributed by atoms with Gasteiger partial charge >= 0.3 is 5.97 Å². The number of carbonyl (C=O) groups excluding carboxylic acids is 1. The van der Waals surface area contributed by atoms with E-state index in [2.05, 4.69) is 5.10 Å². The van der Waals surface area contributed by atoms with Crippen molar-refractivity contribution in [2.45, 2.75) is 32.4 Å². The lowest BCUT2D eigenvalue weighted by molar-refractivity contribution is 0.0508. The molecular formula is C17H19F2N3O2. The van der Waals surface area contributed by atoms with Gasteiger partial charge in [-0.25, -0.2) is 18.3 Å². The fourth-order valence-corrected chi connectivity index (χ4v) is 3.03. The van der Waals surface area contributed by atoms with Crippen LogP contribution in [0.5, 0.6) is 0 Å². The van der Waals surface area contributed by atoms with Gasteiger partial charge in [-0.2, -0.15) is 5.10 Å². The third kappa shape index (κ3) is 3.11. The molecule has 0 amide bonds. The summed E-state index contributed by atoms with van der Waals surface area (Å²) in [6.45, 7) is 2.41. The highest BCUT2D eigenvalue weighted by atomic mass is 19.3. The molecule has 0 spiro atoms. The lowest BCUT2D eigenvalue weighted by atomic mass is 10.0. The van der Waals surface area contributed by atoms with Crippen molar-refractivity contribution in [3.63, 3.8) is 0 Å². The molecule has 0 bridgehead atoms. The zero-order chi connectivity index (χ0) is 17.1. The van der Waals surface area contributed by atoms with E-state index in [1.54, 1.807) is 11.8 Å². The number of rotatable bonds is 5. The third-order valence-corrected chi connectivity index (χ3v) is 4.05. The van der Waals surface area contributed by atoms with E-state index in [9.17, 15) is 13.6 Å². The number of benzene rings is 1. The molecule has 0 N–H and O–H groups in total. The maximum absolute atomic E-state index is 13.8. The number of carbonyl (C=O) groups is 1. The molecular weight excluding hydrogens is 316 g/mol. The number of aryl methyl sites for hydroxylation is 1. The van der Waals surface area contributed by atoms with E-state index in [-0.39, 0.29) is 12.3 Å². The van der Waals surface area contributed by atoms with Crippen molar-refractivity contribution in [2.75, 3.05) is 18.1 Å². The Kier molecular flexibility index (Phi) is 4.78. The van der Waals surface area contributed by atoms with Gasteiger partial charge in [0, 0.05) is 18.4 Å². The molecule has 2 heterocycles. The Balaban J connectivity index is 1.93. The maximum Gasteiger partial charge on any atom is 0.358 e. The molecule has 24 heavy (non-hydrogen) atoms. The van der Waals surface area contributed by atoms with Crippen LogP contribution in [-0.4, -0.2) is 35.3 Å². The zero-order valence-electron chi connectivity index (χ0n) is 13.4. The molecule has 0 saturated heterocycles. The number of alkyl halides is 2. The number of halogens is 2. The number of nitrogens with zero attached hydrogens (tertiary/aromatic N) is 3. The van der Waals surface area contributed by atoms with Crippen molar-refractivity contribution in [1.82, 2.24) is 9.78 Å². The van der Waals surface area contributed by atoms with E-state index in [0.29, 0.717) is 6.54 Å². The second-order valence-corrected chi connectivity index (χ2v) is 5.58. The Bertz CT molecular complexity index is 717. The summed E-state index contributed by atoms with van der Waals surface area (Å²) in [5.41, 5.74) is 1.88. The molecule has 3 rings (SSSR count). The van der Waals surface area contributed by atoms with E-state index in [4.69, 9.17) is 4.74 Å². The van der Waals surface area contributed by atoms with Crippen molar-refractivity contribution in [3.8, 4) is 0 Å². The Morgan fingerprint density at radius 3 is 2.88 bits per heavy atom. The molecule has 7 heteroatoms. The van der Waals surface area contributed by atoms with Gasteiger partial charge in [-0.1, -0.05) is 18.2 Å². The van der Waals surface area contributed by atoms with Crippen molar-refractivity contribution < 1.29 is 18.3 Å². The lowest BCUT2D eigenvalue weighted by Gasteiger charge is -2.37. The Labute approximate surface area is 138 Å². The van der Waals surface area contributed by atoms with E-state index >= 15 is 0 Å². The minimum atomic E-state index is -2.65. The zero-order valence-corrected chi connectivity index (χ0v) is 13.4. The molecule has 1 aliphatic rings. The van der Waals surface area contributed by atoms with Crippen LogP contribution in [0.2, 0.25) is 0 Å². The van der Waals surface area contributed by atoms with Gasteiger partial charge in [0.1, 0.15) is 0 Å². The highest BCUT2D eigenvalue weighted by Crippen LogP contribution is 2.34. The Morgan fingerprint density at radius 1 is 1.33 bits per heavy atom. The molecule has 1 aliphatic heterocycles. The second kappa shape index (κ2) is 6.98. The van der Waals surface area contributed by atoms with Gasteiger partial charge in [0.15, 0.2) is 11.9 Å². The molecule has 2 aromatic rings. The number of hydrogen-bond donors (Lipinski definition) is 0. The smallest absolute Gasteiger partial charge is 0.358 e. The fraction of sp³-hybridized carbons (Fsp3) is 0.412. The monoisotopic (exact) mass is 335 g/mol. The molecule has 0 aliphatic carbocycles. The number of para-hydroxylation sites is 1. The lowest BCUT2D eigenvalue weighted by Crippen LogP contribution is -2.41. The summed E-state index contributed by atoms with van der Waals surface area (Å²) < 4.78 is 33.6. The van der Waals surface area contributed by atoms with Gasteiger partial charge in [0.2, 0.25) is 0 Å². The number of anilines is 1. The molecule has 1 unspecified atom stereocenters. The van der Waals surface area contributed by atoms with Crippen LogP contribution in [0.3, 0.4) is 0 Å². The van der Waals surface area contributed by atoms with Crippen LogP contribution in [0, 0.1) is 0 Å². The summed E-state index contributed by atoms with van der Waals surface area (Å²) in [7, 11) is 0. The summed E-state index contributed by atoms with van der Waals surface area (Å²) in [6.07, 6.45) is -0.830. The number of fused-ring (bicyclic) bond motifs is 1. The normalized spacial score (nSPS) is 15.2. The highest BCUT2D eigenvalue weighted by Gasteiger charge is 2.33. The fourth-order valence-electron chi connectivity index (χ4n) is 3.03. The minimum absolute atomic E-state index is 0.0350. The first kappa shape index (κ1) is 16.4. The molecule has 1 aromatic carbocycles. The molecule has 0 saturated carbocycles. The van der Waals surface area contributed by atoms with Crippen molar-refractivity contribution in [2.24, 2.45) is 0 Å². The van der Waals surface area contributed by atoms with Gasteiger partial charge in [0.05, 0.1) is 6.61 Å². The molecule has 0 fully saturated rings. The first-order chi connectivity index (χ1) is 11.6. The first-order valence-corrected chi connectivity index (χ1v) is 7.96. The van der Waals surface area contributed by atoms with Crippen LogP contribution in [-0.2, 0) is 11.2 Å². The summed E-state index contributed by atoms with van der Waals surface area (Å²) in [5.74, 6) is -0.608. The van der Waals surface area contributed by atoms with E-state index in [1.165, 1.54) is 12.3 Å². The van der Waals surface area contributed by atoms with Crippen LogP contribution in [0.25, 0.3) is 0 Å². The van der Waals surface area contributed by atoms with Crippen molar-refractivity contribution in [1.29, 1.82) is 0 Å². The minimum Gasteiger partial charge on any atom is -0.461 e. The van der Waals surface area contributed by atoms with Crippen LogP contribution < -0.4 is 4.90 Å². The average Bonchev–Trinajstić information content (AvgIpc) is 3.05. The number of aromatic nitrogens is 2. The largest absolute Gasteiger partial charge is 0.461 e. The van der Waals surface area contributed by atoms with Gasteiger partial charge in [0.25, 0.3) is 6.43 Å². The maximum atomic E-state index is 13.8. The Hall–Kier alpha value is -2.44. The predicted octanol–water partition coefficient (Wildman–Crippen LogP) is 3.28. The highest BCUT2D eigenvalue weighted by molar-refractivity contribution is 5.87. The topological polar surface area (TPSA) is 47.4 Å². The molecule has 1 aromatic heterocycles. The molecule has 0 radical (unpaired) electrons. The first-order valence-electron chi connectivity index (χ1n) is 7.96. The SMILES string of the molecule is CCOC(=O)c1ccn(C(C(F)F)N2CCCc3ccccc32)n1. The van der Waals surface area contributed by atoms with Crippen LogP contribution in [0.4, 0.5) is 14.5 Å². The van der Waals surface area contributed by atoms with Gasteiger partial charge in [-0.05, 0) is 37.5 Å². The Morgan fingerprint density at radius 2 is 2.12 bits per heavy atom. The standard InChI is InChI=1S/C17H19F2N3O2/c1-2-24-17(23)13-9-11-22(20-13)16(15(18)19)21-10-5-7-12-6-3-4-8-14(12)21/h3-4,6,8-9,11,15-16H,2,5,7,10H2,1H3. The average molecular weight is 335 g/mol. The predicted molar refractivity (Wildman–Crippen MR) is 85.3 cm³/mol. The number of hydrogen-bond acceptors (Lipinski definition) is 4. The number of esters is 1. The van der Waals surface area contributed by atoms with Crippen molar-refractivity contribution >= 4 is 11.7 Å². The summed E-state index contributed by atoms with van der Waals surface area (Å²) in [5, 5.41) is 4.02. The number of ether oxygens (including phenoxy) is 1.